The Kier molecular flexibility index (Phi) is 5.56. The summed E-state index contributed by atoms with van der Waals surface area (Å²) >= 11 is 0. The molecule has 112 valence electrons. The van der Waals surface area contributed by atoms with Crippen LogP contribution < -0.4 is 10.6 Å². The molecule has 0 fully saturated rings. The van der Waals surface area contributed by atoms with Crippen LogP contribution in [0.4, 0.5) is 0 Å². The Bertz CT molecular complexity index is 546. The summed E-state index contributed by atoms with van der Waals surface area (Å²) in [5, 5.41) is 6.19. The van der Waals surface area contributed by atoms with Crippen LogP contribution in [-0.4, -0.2) is 39.3 Å². The summed E-state index contributed by atoms with van der Waals surface area (Å²) in [7, 11) is -1.59. The number of rotatable bonds is 4. The maximum Gasteiger partial charge on any atom is 0.191 e. The highest BCUT2D eigenvalue weighted by Crippen LogP contribution is 2.09. The molecule has 1 rings (SSSR count). The zero-order chi connectivity index (χ0) is 15.2. The fourth-order valence-electron chi connectivity index (χ4n) is 1.58. The van der Waals surface area contributed by atoms with E-state index in [9.17, 15) is 8.42 Å². The highest BCUT2D eigenvalue weighted by molar-refractivity contribution is 7.91. The molecule has 0 heterocycles. The molecule has 6 heteroatoms. The van der Waals surface area contributed by atoms with E-state index < -0.39 is 9.84 Å². The number of hydrogen-bond acceptors (Lipinski definition) is 3. The van der Waals surface area contributed by atoms with Crippen LogP contribution in [0.15, 0.2) is 40.2 Å². The maximum atomic E-state index is 12.1. The lowest BCUT2D eigenvalue weighted by atomic mass is 10.1. The molecule has 0 aromatic heterocycles. The lowest BCUT2D eigenvalue weighted by molar-refractivity contribution is 0.502. The molecule has 1 aromatic carbocycles. The fourth-order valence-corrected chi connectivity index (χ4v) is 2.76. The van der Waals surface area contributed by atoms with Gasteiger partial charge in [0, 0.05) is 19.1 Å². The van der Waals surface area contributed by atoms with E-state index in [1.54, 1.807) is 37.4 Å². The largest absolute Gasteiger partial charge is 0.355 e. The number of nitrogens with one attached hydrogen (secondary N) is 2. The summed E-state index contributed by atoms with van der Waals surface area (Å²) in [4.78, 5) is 4.41. The molecule has 0 saturated carbocycles. The van der Waals surface area contributed by atoms with Crippen molar-refractivity contribution in [3.05, 3.63) is 30.3 Å². The van der Waals surface area contributed by atoms with Gasteiger partial charge in [0.05, 0.1) is 10.6 Å². The lowest BCUT2D eigenvalue weighted by Crippen LogP contribution is -2.48. The average molecular weight is 297 g/mol. The summed E-state index contributed by atoms with van der Waals surface area (Å²) in [6.07, 6.45) is 0. The second kappa shape index (κ2) is 6.74. The Balaban J connectivity index is 2.56. The van der Waals surface area contributed by atoms with Crippen molar-refractivity contribution in [2.75, 3.05) is 19.3 Å². The first-order valence-corrected chi connectivity index (χ1v) is 8.16. The minimum Gasteiger partial charge on any atom is -0.355 e. The van der Waals surface area contributed by atoms with Gasteiger partial charge in [-0.25, -0.2) is 8.42 Å². The van der Waals surface area contributed by atoms with Gasteiger partial charge in [0.15, 0.2) is 15.8 Å². The quantitative estimate of drug-likeness (QED) is 0.651. The van der Waals surface area contributed by atoms with Gasteiger partial charge in [0.25, 0.3) is 0 Å². The first-order valence-electron chi connectivity index (χ1n) is 6.51. The first kappa shape index (κ1) is 16.5. The van der Waals surface area contributed by atoms with Gasteiger partial charge < -0.3 is 10.6 Å². The van der Waals surface area contributed by atoms with Gasteiger partial charge in [0.2, 0.25) is 0 Å². The Morgan fingerprint density at radius 2 is 1.80 bits per heavy atom. The number of guanidine groups is 1. The predicted octanol–water partition coefficient (Wildman–Crippen LogP) is 1.42. The molecule has 0 aliphatic heterocycles. The van der Waals surface area contributed by atoms with Crippen molar-refractivity contribution in [2.45, 2.75) is 31.2 Å². The summed E-state index contributed by atoms with van der Waals surface area (Å²) in [6, 6.07) is 8.46. The number of hydrogen-bond donors (Lipinski definition) is 2. The molecule has 0 aliphatic carbocycles. The number of benzene rings is 1. The van der Waals surface area contributed by atoms with Gasteiger partial charge in [-0.3, -0.25) is 4.99 Å². The SMILES string of the molecule is CN=C(NCCS(=O)(=O)c1ccccc1)NC(C)(C)C. The molecule has 0 radical (unpaired) electrons. The molecule has 0 bridgehead atoms. The van der Waals surface area contributed by atoms with E-state index in [2.05, 4.69) is 15.6 Å². The summed E-state index contributed by atoms with van der Waals surface area (Å²) < 4.78 is 24.2. The standard InChI is InChI=1S/C14H23N3O2S/c1-14(2,3)17-13(15-4)16-10-11-20(18,19)12-8-6-5-7-9-12/h5-9H,10-11H2,1-4H3,(H2,15,16,17). The number of sulfone groups is 1. The van der Waals surface area contributed by atoms with E-state index >= 15 is 0 Å². The molecular weight excluding hydrogens is 274 g/mol. The zero-order valence-corrected chi connectivity index (χ0v) is 13.3. The molecule has 0 atom stereocenters. The van der Waals surface area contributed by atoms with Gasteiger partial charge in [-0.15, -0.1) is 0 Å². The third kappa shape index (κ3) is 5.61. The van der Waals surface area contributed by atoms with Crippen LogP contribution in [0.5, 0.6) is 0 Å². The van der Waals surface area contributed by atoms with Crippen molar-refractivity contribution >= 4 is 15.8 Å². The van der Waals surface area contributed by atoms with Crippen molar-refractivity contribution in [2.24, 2.45) is 4.99 Å². The smallest absolute Gasteiger partial charge is 0.191 e. The zero-order valence-electron chi connectivity index (χ0n) is 12.5. The molecule has 1 aromatic rings. The van der Waals surface area contributed by atoms with Crippen LogP contribution in [0.2, 0.25) is 0 Å². The predicted molar refractivity (Wildman–Crippen MR) is 82.7 cm³/mol. The van der Waals surface area contributed by atoms with Crippen molar-refractivity contribution in [1.82, 2.24) is 10.6 Å². The van der Waals surface area contributed by atoms with Crippen LogP contribution in [-0.2, 0) is 9.84 Å². The van der Waals surface area contributed by atoms with E-state index in [0.29, 0.717) is 17.4 Å². The van der Waals surface area contributed by atoms with Gasteiger partial charge in [-0.2, -0.15) is 0 Å². The van der Waals surface area contributed by atoms with Crippen molar-refractivity contribution in [1.29, 1.82) is 0 Å². The van der Waals surface area contributed by atoms with E-state index in [1.807, 2.05) is 20.8 Å². The average Bonchev–Trinajstić information content (AvgIpc) is 2.37. The molecule has 0 aliphatic rings. The van der Waals surface area contributed by atoms with Crippen LogP contribution in [0.1, 0.15) is 20.8 Å². The molecule has 5 nitrogen and oxygen atoms in total. The molecule has 0 amide bonds. The molecular formula is C14H23N3O2S. The van der Waals surface area contributed by atoms with E-state index in [-0.39, 0.29) is 11.3 Å². The van der Waals surface area contributed by atoms with Crippen molar-refractivity contribution < 1.29 is 8.42 Å². The summed E-state index contributed by atoms with van der Waals surface area (Å²) in [5.41, 5.74) is -0.125. The Labute approximate surface area is 121 Å². The van der Waals surface area contributed by atoms with Gasteiger partial charge in [0.1, 0.15) is 0 Å². The van der Waals surface area contributed by atoms with E-state index in [4.69, 9.17) is 0 Å². The minimum atomic E-state index is -3.25. The second-order valence-corrected chi connectivity index (χ2v) is 7.62. The highest BCUT2D eigenvalue weighted by Gasteiger charge is 2.15. The van der Waals surface area contributed by atoms with E-state index in [1.165, 1.54) is 0 Å². The van der Waals surface area contributed by atoms with Gasteiger partial charge in [-0.1, -0.05) is 18.2 Å². The van der Waals surface area contributed by atoms with Crippen molar-refractivity contribution in [3.63, 3.8) is 0 Å². The molecule has 0 spiro atoms. The monoisotopic (exact) mass is 297 g/mol. The molecule has 2 N–H and O–H groups in total. The Hall–Kier alpha value is -1.56. The van der Waals surface area contributed by atoms with Gasteiger partial charge in [-0.05, 0) is 32.9 Å². The van der Waals surface area contributed by atoms with Crippen LogP contribution in [0, 0.1) is 0 Å². The Morgan fingerprint density at radius 3 is 2.30 bits per heavy atom. The molecule has 0 unspecified atom stereocenters. The number of nitrogens with zero attached hydrogens (tertiary/aromatic N) is 1. The van der Waals surface area contributed by atoms with Crippen LogP contribution in [0.3, 0.4) is 0 Å². The molecule has 20 heavy (non-hydrogen) atoms. The normalized spacial score (nSPS) is 13.1. The van der Waals surface area contributed by atoms with Gasteiger partial charge >= 0.3 is 0 Å². The van der Waals surface area contributed by atoms with Crippen molar-refractivity contribution in [3.8, 4) is 0 Å². The van der Waals surface area contributed by atoms with E-state index in [0.717, 1.165) is 0 Å². The van der Waals surface area contributed by atoms with Crippen LogP contribution in [0.25, 0.3) is 0 Å². The molecule has 0 saturated heterocycles. The minimum absolute atomic E-state index is 0.0296. The second-order valence-electron chi connectivity index (χ2n) is 5.51. The maximum absolute atomic E-state index is 12.1. The topological polar surface area (TPSA) is 70.6 Å². The highest BCUT2D eigenvalue weighted by atomic mass is 32.2. The summed E-state index contributed by atoms with van der Waals surface area (Å²) in [5.74, 6) is 0.628. The third-order valence-electron chi connectivity index (χ3n) is 2.48. The lowest BCUT2D eigenvalue weighted by Gasteiger charge is -2.23. The fraction of sp³-hybridized carbons (Fsp3) is 0.500. The van der Waals surface area contributed by atoms with Crippen LogP contribution >= 0.6 is 0 Å². The third-order valence-corrected chi connectivity index (χ3v) is 4.21. The first-order chi connectivity index (χ1) is 9.24. The Morgan fingerprint density at radius 1 is 1.20 bits per heavy atom. The summed E-state index contributed by atoms with van der Waals surface area (Å²) in [6.45, 7) is 6.36. The number of aliphatic imine (C=N–C) groups is 1.